The summed E-state index contributed by atoms with van der Waals surface area (Å²) in [6, 6.07) is 21.6. The lowest BCUT2D eigenvalue weighted by Gasteiger charge is -2.54. The molecule has 0 aliphatic rings. The Labute approximate surface area is 205 Å². The number of halogens is 4. The Morgan fingerprint density at radius 3 is 0.964 bits per heavy atom. The first-order valence-corrected chi connectivity index (χ1v) is 30.0. The third-order valence-electron chi connectivity index (χ3n) is 4.29. The van der Waals surface area contributed by atoms with Crippen molar-refractivity contribution < 1.29 is 0 Å². The van der Waals surface area contributed by atoms with Crippen molar-refractivity contribution in [1.29, 1.82) is 0 Å². The number of nitrogens with zero attached hydrogens (tertiary/aromatic N) is 2. The molecule has 0 aliphatic carbocycles. The van der Waals surface area contributed by atoms with Crippen molar-refractivity contribution in [2.75, 3.05) is 8.46 Å². The number of para-hydroxylation sites is 2. The van der Waals surface area contributed by atoms with Crippen molar-refractivity contribution in [3.8, 4) is 0 Å². The maximum atomic E-state index is 4.30. The molecule has 10 heteroatoms. The molecule has 0 heterocycles. The van der Waals surface area contributed by atoms with E-state index in [2.05, 4.69) is 170 Å². The molecule has 154 valence electrons. The van der Waals surface area contributed by atoms with Crippen LogP contribution in [-0.2, 0) is 0 Å². The van der Waals surface area contributed by atoms with E-state index in [1.807, 2.05) is 0 Å². The molecule has 0 amide bonds. The zero-order chi connectivity index (χ0) is 21.4. The van der Waals surface area contributed by atoms with Gasteiger partial charge in [0, 0.05) is 11.4 Å². The van der Waals surface area contributed by atoms with Gasteiger partial charge in [0.1, 0.15) is 16.5 Å². The first kappa shape index (κ1) is 25.1. The molecule has 2 aromatic rings. The summed E-state index contributed by atoms with van der Waals surface area (Å²) >= 11 is 17.2. The summed E-state index contributed by atoms with van der Waals surface area (Å²) in [7, 11) is -3.43. The van der Waals surface area contributed by atoms with Crippen LogP contribution in [0.25, 0.3) is 0 Å². The fraction of sp³-hybridized carbons (Fsp3) is 0.333. The molecule has 0 saturated carbocycles. The summed E-state index contributed by atoms with van der Waals surface area (Å²) in [6.45, 7) is 14.5. The molecule has 2 nitrogen and oxygen atoms in total. The minimum absolute atomic E-state index is 1.28. The summed E-state index contributed by atoms with van der Waals surface area (Å²) in [5.41, 5.74) is 2.56. The van der Waals surface area contributed by atoms with Gasteiger partial charge in [0.15, 0.2) is 0 Å². The fourth-order valence-corrected chi connectivity index (χ4v) is 58.7. The van der Waals surface area contributed by atoms with Crippen LogP contribution in [0, 0.1) is 0 Å². The summed E-state index contributed by atoms with van der Waals surface area (Å²) in [5, 5.41) is 0. The van der Waals surface area contributed by atoms with Gasteiger partial charge in [0.25, 0.3) is 0 Å². The molecule has 0 atom stereocenters. The molecule has 2 rings (SSSR count). The Morgan fingerprint density at radius 2 is 0.750 bits per heavy atom. The van der Waals surface area contributed by atoms with Crippen LogP contribution in [-0.4, -0.2) is 26.5 Å². The predicted octanol–water partition coefficient (Wildman–Crippen LogP) is 8.21. The second kappa shape index (κ2) is 9.13. The van der Waals surface area contributed by atoms with Gasteiger partial charge in [-0.25, -0.2) is 0 Å². The van der Waals surface area contributed by atoms with Crippen molar-refractivity contribution in [2.45, 2.75) is 39.3 Å². The lowest BCUT2D eigenvalue weighted by atomic mass is 10.3. The third kappa shape index (κ3) is 5.35. The molecule has 0 aliphatic heterocycles. The van der Waals surface area contributed by atoms with E-state index in [1.54, 1.807) is 0 Å². The van der Waals surface area contributed by atoms with E-state index in [0.29, 0.717) is 0 Å². The van der Waals surface area contributed by atoms with Gasteiger partial charge in [0.05, 0.1) is 0 Å². The number of hydrogen-bond acceptors (Lipinski definition) is 2. The molecule has 0 spiro atoms. The molecule has 0 bridgehead atoms. The summed E-state index contributed by atoms with van der Waals surface area (Å²) in [4.78, 5) is -4.68. The number of anilines is 2. The highest BCUT2D eigenvalue weighted by Crippen LogP contribution is 2.50. The molecule has 0 N–H and O–H groups in total. The highest BCUT2D eigenvalue weighted by Gasteiger charge is 2.63. The van der Waals surface area contributed by atoms with Gasteiger partial charge in [-0.15, -0.1) is 0 Å². The van der Waals surface area contributed by atoms with E-state index in [-0.39, 0.29) is 0 Å². The van der Waals surface area contributed by atoms with Crippen LogP contribution in [0.4, 0.5) is 11.4 Å². The van der Waals surface area contributed by atoms with Crippen LogP contribution in [0.5, 0.6) is 0 Å². The second-order valence-electron chi connectivity index (χ2n) is 8.77. The molecule has 0 unspecified atom stereocenters. The monoisotopic (exact) mass is 700 g/mol. The van der Waals surface area contributed by atoms with E-state index >= 15 is 0 Å². The van der Waals surface area contributed by atoms with Crippen LogP contribution in [0.3, 0.4) is 0 Å². The van der Waals surface area contributed by atoms with E-state index in [9.17, 15) is 0 Å². The normalized spacial score (nSPS) is 13.4. The van der Waals surface area contributed by atoms with E-state index in [1.165, 1.54) is 11.4 Å². The molecule has 0 saturated heterocycles. The van der Waals surface area contributed by atoms with Crippen molar-refractivity contribution in [1.82, 2.24) is 0 Å². The highest BCUT2D eigenvalue weighted by atomic mass is 79.9. The van der Waals surface area contributed by atoms with Crippen molar-refractivity contribution in [2.24, 2.45) is 0 Å². The van der Waals surface area contributed by atoms with Crippen LogP contribution in [0.15, 0.2) is 60.7 Å². The van der Waals surface area contributed by atoms with Crippen LogP contribution >= 0.6 is 61.2 Å². The average Bonchev–Trinajstić information content (AvgIpc) is 2.53. The maximum absolute atomic E-state index is 4.30. The Bertz CT molecular complexity index is 710. The van der Waals surface area contributed by atoms with Gasteiger partial charge in [-0.1, -0.05) is 137 Å². The van der Waals surface area contributed by atoms with Crippen LogP contribution < -0.4 is 8.46 Å². The van der Waals surface area contributed by atoms with Gasteiger partial charge < -0.3 is 8.46 Å². The lowest BCUT2D eigenvalue weighted by Crippen LogP contribution is -2.76. The average molecular weight is 704 g/mol. The zero-order valence-corrected chi connectivity index (χ0v) is 27.5. The summed E-state index contributed by atoms with van der Waals surface area (Å²) in [6.07, 6.45) is 0. The van der Waals surface area contributed by atoms with E-state index < -0.39 is 26.5 Å². The first-order chi connectivity index (χ1) is 12.7. The third-order valence-corrected chi connectivity index (χ3v) is 68.7. The van der Waals surface area contributed by atoms with E-state index in [0.717, 1.165) is 0 Å². The highest BCUT2D eigenvalue weighted by molar-refractivity contribution is 9.66. The smallest absolute Gasteiger partial charge is 0.326 e. The minimum atomic E-state index is -2.34. The molecule has 28 heavy (non-hydrogen) atoms. The summed E-state index contributed by atoms with van der Waals surface area (Å²) < 4.78 is 5.37. The number of benzene rings is 2. The Kier molecular flexibility index (Phi) is 8.18. The van der Waals surface area contributed by atoms with Crippen molar-refractivity contribution in [3.63, 3.8) is 0 Å². The number of rotatable bonds is 7. The molecular weight excluding hydrogens is 676 g/mol. The minimum Gasteiger partial charge on any atom is -0.408 e. The second-order valence-corrected chi connectivity index (χ2v) is 55.6. The maximum Gasteiger partial charge on any atom is 0.326 e. The van der Waals surface area contributed by atoms with Gasteiger partial charge in [0.2, 0.25) is 0 Å². The van der Waals surface area contributed by atoms with Gasteiger partial charge in [-0.2, -0.15) is 0 Å². The van der Waals surface area contributed by atoms with E-state index in [4.69, 9.17) is 0 Å². The topological polar surface area (TPSA) is 6.48 Å². The zero-order valence-electron chi connectivity index (χ0n) is 17.2. The molecular formula is C18H28Br4N2Si4. The quantitative estimate of drug-likeness (QED) is 0.212. The fourth-order valence-electron chi connectivity index (χ4n) is 3.36. The Hall–Kier alpha value is 0.828. The summed E-state index contributed by atoms with van der Waals surface area (Å²) in [5.74, 6) is 0. The molecule has 0 radical (unpaired) electrons. The standard InChI is InChI=1S/C18H28Br4N2Si4/c1-25(2,3)23(17-13-9-7-10-14-17)27(19,20)28(21,22)24(26(4,5)6)18-15-11-8-12-16-18/h7-16H,1-6H3. The van der Waals surface area contributed by atoms with Crippen molar-refractivity contribution in [3.05, 3.63) is 60.7 Å². The molecule has 0 fully saturated rings. The largest absolute Gasteiger partial charge is 0.408 e. The Balaban J connectivity index is 2.67. The lowest BCUT2D eigenvalue weighted by molar-refractivity contribution is 1.41. The number of hydrogen-bond donors (Lipinski definition) is 0. The first-order valence-electron chi connectivity index (χ1n) is 9.17. The van der Waals surface area contributed by atoms with Gasteiger partial charge in [-0.3, -0.25) is 0 Å². The van der Waals surface area contributed by atoms with Gasteiger partial charge >= 0.3 is 9.98 Å². The SMILES string of the molecule is C[Si](C)(C)N(c1ccccc1)[Si](Br)(Br)[Si](Br)(Br)N(c1ccccc1)[Si](C)(C)C. The predicted molar refractivity (Wildman–Crippen MR) is 152 cm³/mol. The van der Waals surface area contributed by atoms with Gasteiger partial charge in [-0.05, 0) is 24.3 Å². The molecule has 0 aromatic heterocycles. The van der Waals surface area contributed by atoms with Crippen molar-refractivity contribution >= 4 is 99.0 Å². The molecule has 2 aromatic carbocycles. The Morgan fingerprint density at radius 1 is 0.500 bits per heavy atom. The van der Waals surface area contributed by atoms with Crippen LogP contribution in [0.1, 0.15) is 0 Å². The van der Waals surface area contributed by atoms with Crippen LogP contribution in [0.2, 0.25) is 39.3 Å².